The molecule has 1 atom stereocenters. The first-order chi connectivity index (χ1) is 10.2. The molecular weight excluding hydrogens is 612 g/mol. The fourth-order valence-corrected chi connectivity index (χ4v) is 4.50. The van der Waals surface area contributed by atoms with E-state index in [0.717, 1.165) is 11.1 Å². The Bertz CT molecular complexity index is 629. The largest absolute Gasteiger partial charge is 0.462 e. The molecule has 2 aromatic carbocycles. The highest BCUT2D eigenvalue weighted by Gasteiger charge is 2.52. The van der Waals surface area contributed by atoms with Crippen molar-refractivity contribution in [3.63, 3.8) is 0 Å². The Morgan fingerprint density at radius 1 is 0.864 bits per heavy atom. The average molecular weight is 623 g/mol. The van der Waals surface area contributed by atoms with Crippen molar-refractivity contribution in [2.45, 2.75) is 11.7 Å². The topological polar surface area (TPSA) is 29.5 Å². The Kier molecular flexibility index (Phi) is 6.59. The van der Waals surface area contributed by atoms with Gasteiger partial charge in [0.15, 0.2) is 0 Å². The van der Waals surface area contributed by atoms with Crippen LogP contribution in [0.3, 0.4) is 0 Å². The van der Waals surface area contributed by atoms with E-state index >= 15 is 0 Å². The van der Waals surface area contributed by atoms with E-state index in [9.17, 15) is 5.11 Å². The van der Waals surface area contributed by atoms with Crippen LogP contribution in [-0.4, -0.2) is 16.8 Å². The van der Waals surface area contributed by atoms with Gasteiger partial charge >= 0.3 is 0 Å². The summed E-state index contributed by atoms with van der Waals surface area (Å²) in [6.07, 6.45) is 0. The maximum Gasteiger partial charge on any atom is 0.258 e. The normalized spacial score (nSPS) is 14.7. The minimum absolute atomic E-state index is 0.455. The number of alkyl halides is 5. The Balaban J connectivity index is 2.28. The number of halogens is 5. The Morgan fingerprint density at radius 3 is 2.05 bits per heavy atom. The first kappa shape index (κ1) is 18.9. The molecule has 0 aliphatic carbocycles. The number of aliphatic hydroxyl groups is 1. The van der Waals surface area contributed by atoms with Crippen LogP contribution in [0.4, 0.5) is 0 Å². The van der Waals surface area contributed by atoms with Crippen molar-refractivity contribution in [3.8, 4) is 16.9 Å². The monoisotopic (exact) mass is 618 g/mol. The van der Waals surface area contributed by atoms with Crippen LogP contribution in [0.15, 0.2) is 54.6 Å². The van der Waals surface area contributed by atoms with Crippen LogP contribution < -0.4 is 4.74 Å². The molecular formula is C15H11Br5O2. The molecule has 22 heavy (non-hydrogen) atoms. The molecule has 0 amide bonds. The third-order valence-corrected chi connectivity index (χ3v) is 9.05. The van der Waals surface area contributed by atoms with Crippen molar-refractivity contribution in [2.24, 2.45) is 0 Å². The highest BCUT2D eigenvalue weighted by molar-refractivity contribution is 9.27. The first-order valence-corrected chi connectivity index (χ1v) is 10.4. The zero-order valence-corrected chi connectivity index (χ0v) is 18.9. The van der Waals surface area contributed by atoms with Gasteiger partial charge in [0, 0.05) is 0 Å². The van der Waals surface area contributed by atoms with Crippen LogP contribution in [0.25, 0.3) is 11.1 Å². The fraction of sp³-hybridized carbons (Fsp3) is 0.200. The van der Waals surface area contributed by atoms with Gasteiger partial charge < -0.3 is 9.84 Å². The van der Waals surface area contributed by atoms with Gasteiger partial charge in [-0.15, -0.1) is 0 Å². The first-order valence-electron chi connectivity index (χ1n) is 6.16. The molecule has 0 fully saturated rings. The van der Waals surface area contributed by atoms with Crippen LogP contribution >= 0.6 is 79.6 Å². The van der Waals surface area contributed by atoms with Crippen LogP contribution in [0.1, 0.15) is 0 Å². The second kappa shape index (κ2) is 7.66. The summed E-state index contributed by atoms with van der Waals surface area (Å²) in [5, 5.41) is 10.5. The molecule has 0 bridgehead atoms. The van der Waals surface area contributed by atoms with E-state index in [4.69, 9.17) is 4.74 Å². The Labute approximate surface area is 171 Å². The molecule has 0 aliphatic rings. The predicted octanol–water partition coefficient (Wildman–Crippen LogP) is 6.38. The van der Waals surface area contributed by atoms with Gasteiger partial charge in [-0.05, 0) is 71.0 Å². The number of rotatable bonds is 5. The summed E-state index contributed by atoms with van der Waals surface area (Å²) < 4.78 is 2.73. The van der Waals surface area contributed by atoms with E-state index in [-0.39, 0.29) is 0 Å². The summed E-state index contributed by atoms with van der Waals surface area (Å²) in [6, 6.07) is 17.6. The summed E-state index contributed by atoms with van der Waals surface area (Å²) in [6.45, 7) is 0. The van der Waals surface area contributed by atoms with Crippen LogP contribution in [0, 0.1) is 0 Å². The van der Waals surface area contributed by atoms with E-state index in [1.807, 2.05) is 54.6 Å². The molecule has 1 N–H and O–H groups in total. The van der Waals surface area contributed by atoms with Gasteiger partial charge in [0.2, 0.25) is 4.51 Å². The van der Waals surface area contributed by atoms with Gasteiger partial charge in [-0.25, -0.2) is 0 Å². The van der Waals surface area contributed by atoms with Gasteiger partial charge in [0.05, 0.1) is 0 Å². The summed E-state index contributed by atoms with van der Waals surface area (Å²) in [5.74, 6) is 0.605. The maximum atomic E-state index is 10.5. The number of hydrogen-bond donors (Lipinski definition) is 1. The molecule has 0 radical (unpaired) electrons. The van der Waals surface area contributed by atoms with Crippen molar-refractivity contribution < 1.29 is 9.84 Å². The molecule has 0 saturated heterocycles. The molecule has 7 heteroatoms. The van der Waals surface area contributed by atoms with E-state index in [2.05, 4.69) is 79.6 Å². The lowest BCUT2D eigenvalue weighted by molar-refractivity contribution is 0.0668. The third-order valence-electron chi connectivity index (χ3n) is 2.88. The van der Waals surface area contributed by atoms with Crippen molar-refractivity contribution in [1.29, 1.82) is 0 Å². The SMILES string of the molecule is OC(Br)(C(Br)Br)C(Br)(Br)Oc1cccc(-c2ccccc2)c1. The molecule has 0 saturated carbocycles. The molecule has 0 aliphatic heterocycles. The summed E-state index contributed by atoms with van der Waals surface area (Å²) in [5.41, 5.74) is 2.12. The van der Waals surface area contributed by atoms with Gasteiger partial charge in [-0.1, -0.05) is 74.3 Å². The molecule has 118 valence electrons. The Morgan fingerprint density at radius 2 is 1.45 bits per heavy atom. The van der Waals surface area contributed by atoms with Crippen molar-refractivity contribution in [1.82, 2.24) is 0 Å². The van der Waals surface area contributed by atoms with Gasteiger partial charge in [-0.3, -0.25) is 0 Å². The predicted molar refractivity (Wildman–Crippen MR) is 109 cm³/mol. The lowest BCUT2D eigenvalue weighted by Crippen LogP contribution is -2.48. The summed E-state index contributed by atoms with van der Waals surface area (Å²) >= 11 is 16.5. The highest BCUT2D eigenvalue weighted by atomic mass is 79.9. The smallest absolute Gasteiger partial charge is 0.258 e. The van der Waals surface area contributed by atoms with E-state index in [0.29, 0.717) is 5.75 Å². The minimum atomic E-state index is -1.44. The summed E-state index contributed by atoms with van der Waals surface area (Å²) in [7, 11) is 0. The number of benzene rings is 2. The molecule has 1 unspecified atom stereocenters. The quantitative estimate of drug-likeness (QED) is 0.393. The lowest BCUT2D eigenvalue weighted by Gasteiger charge is -2.36. The molecule has 0 spiro atoms. The third kappa shape index (κ3) is 4.36. The van der Waals surface area contributed by atoms with Crippen LogP contribution in [0.5, 0.6) is 5.75 Å². The van der Waals surface area contributed by atoms with E-state index in [1.165, 1.54) is 0 Å². The number of hydrogen-bond acceptors (Lipinski definition) is 2. The van der Waals surface area contributed by atoms with Crippen LogP contribution in [0.2, 0.25) is 0 Å². The van der Waals surface area contributed by atoms with Gasteiger partial charge in [-0.2, -0.15) is 0 Å². The minimum Gasteiger partial charge on any atom is -0.462 e. The number of ether oxygens (including phenoxy) is 1. The van der Waals surface area contributed by atoms with Crippen LogP contribution in [-0.2, 0) is 0 Å². The second-order valence-corrected chi connectivity index (χ2v) is 12.1. The standard InChI is InChI=1S/C15H11Br5O2/c16-13(17)14(18,21)15(19,20)22-12-8-4-7-11(9-12)10-5-2-1-3-6-10/h1-9,13,21H. The molecule has 2 rings (SSSR count). The molecule has 2 nitrogen and oxygen atoms in total. The fourth-order valence-electron chi connectivity index (χ4n) is 1.72. The molecule has 0 heterocycles. The van der Waals surface area contributed by atoms with Gasteiger partial charge in [0.25, 0.3) is 3.42 Å². The van der Waals surface area contributed by atoms with Crippen molar-refractivity contribution >= 4 is 79.6 Å². The second-order valence-electron chi connectivity index (χ2n) is 4.49. The molecule has 2 aromatic rings. The molecule has 0 aromatic heterocycles. The lowest BCUT2D eigenvalue weighted by atomic mass is 10.1. The summed E-state index contributed by atoms with van der Waals surface area (Å²) in [4.78, 5) is 0. The van der Waals surface area contributed by atoms with E-state index in [1.54, 1.807) is 0 Å². The average Bonchev–Trinajstić information content (AvgIpc) is 2.47. The maximum absolute atomic E-state index is 10.5. The van der Waals surface area contributed by atoms with Crippen molar-refractivity contribution in [2.75, 3.05) is 0 Å². The zero-order valence-electron chi connectivity index (χ0n) is 11.0. The Hall–Kier alpha value is 0.600. The van der Waals surface area contributed by atoms with Gasteiger partial charge in [0.1, 0.15) is 9.49 Å². The zero-order chi connectivity index (χ0) is 16.4. The van der Waals surface area contributed by atoms with Crippen molar-refractivity contribution in [3.05, 3.63) is 54.6 Å². The highest BCUT2D eigenvalue weighted by Crippen LogP contribution is 2.49. The van der Waals surface area contributed by atoms with E-state index < -0.39 is 11.7 Å².